The molecule has 0 fully saturated rings. The number of carbonyl (C=O) groups is 1. The first-order valence-electron chi connectivity index (χ1n) is 4.40. The second-order valence-corrected chi connectivity index (χ2v) is 3.66. The molecule has 1 heterocycles. The minimum atomic E-state index is -0.860. The summed E-state index contributed by atoms with van der Waals surface area (Å²) >= 11 is 0. The molecule has 5 nitrogen and oxygen atoms in total. The van der Waals surface area contributed by atoms with E-state index in [1.807, 2.05) is 6.07 Å². The van der Waals surface area contributed by atoms with Crippen LogP contribution in [0.25, 0.3) is 0 Å². The van der Waals surface area contributed by atoms with Crippen molar-refractivity contribution in [1.82, 2.24) is 4.98 Å². The van der Waals surface area contributed by atoms with Gasteiger partial charge in [-0.2, -0.15) is 5.26 Å². The molecule has 0 saturated heterocycles. The fourth-order valence-electron chi connectivity index (χ4n) is 0.916. The molecule has 1 aromatic rings. The molecular weight excluding hydrogens is 192 g/mol. The molecule has 0 unspecified atom stereocenters. The second kappa shape index (κ2) is 3.96. The molecule has 0 saturated carbocycles. The largest absolute Gasteiger partial charge is 0.368 e. The summed E-state index contributed by atoms with van der Waals surface area (Å²) in [5.41, 5.74) is 4.80. The van der Waals surface area contributed by atoms with E-state index in [1.165, 1.54) is 6.20 Å². The van der Waals surface area contributed by atoms with Crippen molar-refractivity contribution in [3.63, 3.8) is 0 Å². The molecule has 78 valence electrons. The lowest BCUT2D eigenvalue weighted by molar-refractivity contribution is -0.121. The van der Waals surface area contributed by atoms with Crippen LogP contribution in [0, 0.1) is 11.3 Å². The molecule has 0 atom stereocenters. The maximum Gasteiger partial charge on any atom is 0.242 e. The van der Waals surface area contributed by atoms with Gasteiger partial charge in [-0.05, 0) is 26.0 Å². The van der Waals surface area contributed by atoms with Gasteiger partial charge in [0, 0.05) is 6.20 Å². The molecule has 0 bridgehead atoms. The Kier molecular flexibility index (Phi) is 2.90. The molecule has 0 aliphatic heterocycles. The van der Waals surface area contributed by atoms with Gasteiger partial charge >= 0.3 is 0 Å². The highest BCUT2D eigenvalue weighted by atomic mass is 16.1. The molecule has 3 N–H and O–H groups in total. The topological polar surface area (TPSA) is 91.8 Å². The number of pyridine rings is 1. The quantitative estimate of drug-likeness (QED) is 0.755. The Labute approximate surface area is 87.9 Å². The third-order valence-corrected chi connectivity index (χ3v) is 1.95. The molecule has 0 aliphatic carbocycles. The van der Waals surface area contributed by atoms with E-state index in [0.717, 1.165) is 0 Å². The van der Waals surface area contributed by atoms with Crippen molar-refractivity contribution in [2.45, 2.75) is 19.4 Å². The number of amides is 1. The molecule has 0 spiro atoms. The molecular formula is C10H12N4O. The van der Waals surface area contributed by atoms with Crippen molar-refractivity contribution >= 4 is 11.7 Å². The van der Waals surface area contributed by atoms with E-state index in [2.05, 4.69) is 10.3 Å². The first kappa shape index (κ1) is 11.0. The number of primary amides is 1. The van der Waals surface area contributed by atoms with Crippen molar-refractivity contribution in [3.05, 3.63) is 23.9 Å². The summed E-state index contributed by atoms with van der Waals surface area (Å²) in [6.45, 7) is 3.32. The normalized spacial score (nSPS) is 10.5. The summed E-state index contributed by atoms with van der Waals surface area (Å²) in [7, 11) is 0. The first-order chi connectivity index (χ1) is 6.95. The Bertz CT molecular complexity index is 402. The van der Waals surface area contributed by atoms with Gasteiger partial charge < -0.3 is 11.1 Å². The number of nitrogens with two attached hydrogens (primary N) is 1. The number of nitrogens with one attached hydrogen (secondary N) is 1. The van der Waals surface area contributed by atoms with Gasteiger partial charge in [0.2, 0.25) is 5.91 Å². The Morgan fingerprint density at radius 1 is 1.60 bits per heavy atom. The third-order valence-electron chi connectivity index (χ3n) is 1.95. The van der Waals surface area contributed by atoms with Crippen molar-refractivity contribution in [1.29, 1.82) is 5.26 Å². The van der Waals surface area contributed by atoms with E-state index >= 15 is 0 Å². The third kappa shape index (κ3) is 2.68. The number of aromatic nitrogens is 1. The Morgan fingerprint density at radius 2 is 2.27 bits per heavy atom. The van der Waals surface area contributed by atoms with Crippen LogP contribution in [0.2, 0.25) is 0 Å². The number of anilines is 1. The number of nitriles is 1. The highest BCUT2D eigenvalue weighted by molar-refractivity contribution is 5.86. The maximum absolute atomic E-state index is 11.0. The lowest BCUT2D eigenvalue weighted by Gasteiger charge is -2.22. The van der Waals surface area contributed by atoms with Crippen LogP contribution in [0.15, 0.2) is 18.3 Å². The van der Waals surface area contributed by atoms with Gasteiger partial charge in [-0.25, -0.2) is 4.98 Å². The summed E-state index contributed by atoms with van der Waals surface area (Å²) in [5.74, 6) is 0.0476. The fraction of sp³-hybridized carbons (Fsp3) is 0.300. The van der Waals surface area contributed by atoms with Crippen molar-refractivity contribution < 1.29 is 4.79 Å². The zero-order valence-electron chi connectivity index (χ0n) is 8.61. The van der Waals surface area contributed by atoms with Crippen LogP contribution < -0.4 is 11.1 Å². The summed E-state index contributed by atoms with van der Waals surface area (Å²) in [6, 6.07) is 5.20. The maximum atomic E-state index is 11.0. The van der Waals surface area contributed by atoms with Gasteiger partial charge in [0.25, 0.3) is 0 Å². The fourth-order valence-corrected chi connectivity index (χ4v) is 0.916. The summed E-state index contributed by atoms with van der Waals surface area (Å²) < 4.78 is 0. The smallest absolute Gasteiger partial charge is 0.242 e. The number of rotatable bonds is 3. The average Bonchev–Trinajstić information content (AvgIpc) is 2.18. The van der Waals surface area contributed by atoms with Crippen LogP contribution in [0.3, 0.4) is 0 Å². The minimum absolute atomic E-state index is 0.464. The van der Waals surface area contributed by atoms with Gasteiger partial charge in [-0.3, -0.25) is 4.79 Å². The van der Waals surface area contributed by atoms with Crippen LogP contribution in [0.1, 0.15) is 19.4 Å². The summed E-state index contributed by atoms with van der Waals surface area (Å²) in [5, 5.41) is 11.4. The number of hydrogen-bond donors (Lipinski definition) is 2. The van der Waals surface area contributed by atoms with Crippen molar-refractivity contribution in [3.8, 4) is 6.07 Å². The van der Waals surface area contributed by atoms with Crippen LogP contribution in [0.4, 0.5) is 5.82 Å². The van der Waals surface area contributed by atoms with Gasteiger partial charge in [0.05, 0.1) is 5.56 Å². The van der Waals surface area contributed by atoms with Crippen molar-refractivity contribution in [2.24, 2.45) is 5.73 Å². The minimum Gasteiger partial charge on any atom is -0.368 e. The lowest BCUT2D eigenvalue weighted by atomic mass is 10.1. The highest BCUT2D eigenvalue weighted by Crippen LogP contribution is 2.12. The molecule has 0 radical (unpaired) electrons. The van der Waals surface area contributed by atoms with E-state index in [9.17, 15) is 4.79 Å². The number of nitrogens with zero attached hydrogens (tertiary/aromatic N) is 2. The zero-order valence-corrected chi connectivity index (χ0v) is 8.61. The van der Waals surface area contributed by atoms with E-state index in [4.69, 9.17) is 11.0 Å². The Balaban J connectivity index is 2.83. The van der Waals surface area contributed by atoms with E-state index in [1.54, 1.807) is 26.0 Å². The monoisotopic (exact) mass is 204 g/mol. The molecule has 1 aromatic heterocycles. The van der Waals surface area contributed by atoms with Crippen LogP contribution in [0.5, 0.6) is 0 Å². The summed E-state index contributed by atoms with van der Waals surface area (Å²) in [4.78, 5) is 15.0. The molecule has 1 amide bonds. The molecule has 5 heteroatoms. The average molecular weight is 204 g/mol. The zero-order chi connectivity index (χ0) is 11.5. The predicted octanol–water partition coefficient (Wildman–Crippen LogP) is 0.629. The lowest BCUT2D eigenvalue weighted by Crippen LogP contribution is -2.45. The van der Waals surface area contributed by atoms with E-state index in [0.29, 0.717) is 11.4 Å². The molecule has 15 heavy (non-hydrogen) atoms. The first-order valence-corrected chi connectivity index (χ1v) is 4.40. The second-order valence-electron chi connectivity index (χ2n) is 3.66. The van der Waals surface area contributed by atoms with Gasteiger partial charge in [0.15, 0.2) is 0 Å². The van der Waals surface area contributed by atoms with Gasteiger partial charge in [-0.1, -0.05) is 0 Å². The Morgan fingerprint density at radius 3 is 2.67 bits per heavy atom. The number of hydrogen-bond acceptors (Lipinski definition) is 4. The van der Waals surface area contributed by atoms with E-state index in [-0.39, 0.29) is 0 Å². The van der Waals surface area contributed by atoms with E-state index < -0.39 is 11.4 Å². The van der Waals surface area contributed by atoms with Crippen LogP contribution >= 0.6 is 0 Å². The van der Waals surface area contributed by atoms with Crippen molar-refractivity contribution in [2.75, 3.05) is 5.32 Å². The molecule has 1 rings (SSSR count). The van der Waals surface area contributed by atoms with Gasteiger partial charge in [-0.15, -0.1) is 0 Å². The van der Waals surface area contributed by atoms with Crippen LogP contribution in [-0.4, -0.2) is 16.4 Å². The summed E-state index contributed by atoms with van der Waals surface area (Å²) in [6.07, 6.45) is 1.43. The number of carbonyl (C=O) groups excluding carboxylic acids is 1. The standard InChI is InChI=1S/C10H12N4O/c1-10(2,9(12)15)14-8-4-3-7(5-11)6-13-8/h3-4,6H,1-2H3,(H2,12,15)(H,13,14). The van der Waals surface area contributed by atoms with Gasteiger partial charge in [0.1, 0.15) is 17.4 Å². The Hall–Kier alpha value is -2.09. The van der Waals surface area contributed by atoms with Crippen LogP contribution in [-0.2, 0) is 4.79 Å². The molecule has 0 aromatic carbocycles. The SMILES string of the molecule is CC(C)(Nc1ccc(C#N)cn1)C(N)=O. The predicted molar refractivity (Wildman–Crippen MR) is 55.8 cm³/mol. The highest BCUT2D eigenvalue weighted by Gasteiger charge is 2.24. The molecule has 0 aliphatic rings.